The Morgan fingerprint density at radius 3 is 2.45 bits per heavy atom. The molecule has 0 radical (unpaired) electrons. The molecule has 0 amide bonds. The van der Waals surface area contributed by atoms with E-state index in [-0.39, 0.29) is 12.4 Å². The Bertz CT molecular complexity index is 1560. The summed E-state index contributed by atoms with van der Waals surface area (Å²) in [6.45, 7) is 3.11. The largest absolute Gasteiger partial charge is 0.383 e. The standard InChI is InChI=1S/C29H25BrN6O.ClH/c30-22-8-4-7-20(16-22)25-23(15-19-5-2-1-3-6-19)27(35-29-26(25)28(31)33-18-34-29)21-9-10-24(32-17-21)36-11-13-37-14-12-36;/h1-10,16-18H,11-15H2,(H2,31,33,34,35);1H. The maximum atomic E-state index is 6.46. The van der Waals surface area contributed by atoms with E-state index in [1.807, 2.05) is 24.4 Å². The van der Waals surface area contributed by atoms with Crippen molar-refractivity contribution in [3.05, 3.63) is 94.9 Å². The fraction of sp³-hybridized carbons (Fsp3) is 0.172. The van der Waals surface area contributed by atoms with Crippen LogP contribution in [0.1, 0.15) is 11.1 Å². The van der Waals surface area contributed by atoms with Crippen molar-refractivity contribution < 1.29 is 4.74 Å². The van der Waals surface area contributed by atoms with Crippen LogP contribution in [0.4, 0.5) is 11.6 Å². The van der Waals surface area contributed by atoms with Crippen molar-refractivity contribution in [1.82, 2.24) is 19.9 Å². The zero-order chi connectivity index (χ0) is 25.2. The maximum Gasteiger partial charge on any atom is 0.165 e. The zero-order valence-electron chi connectivity index (χ0n) is 20.5. The average molecular weight is 590 g/mol. The van der Waals surface area contributed by atoms with Gasteiger partial charge in [0.25, 0.3) is 0 Å². The second-order valence-electron chi connectivity index (χ2n) is 8.95. The van der Waals surface area contributed by atoms with Crippen molar-refractivity contribution in [3.63, 3.8) is 0 Å². The molecule has 4 heterocycles. The van der Waals surface area contributed by atoms with Gasteiger partial charge in [-0.2, -0.15) is 0 Å². The molecule has 3 aromatic heterocycles. The molecule has 2 aromatic carbocycles. The van der Waals surface area contributed by atoms with E-state index in [2.05, 4.69) is 79.3 Å². The van der Waals surface area contributed by atoms with Crippen molar-refractivity contribution in [2.45, 2.75) is 6.42 Å². The Morgan fingerprint density at radius 2 is 1.71 bits per heavy atom. The Kier molecular flexibility index (Phi) is 7.83. The lowest BCUT2D eigenvalue weighted by atomic mass is 9.89. The van der Waals surface area contributed by atoms with Crippen LogP contribution in [0, 0.1) is 0 Å². The van der Waals surface area contributed by atoms with E-state index >= 15 is 0 Å². The summed E-state index contributed by atoms with van der Waals surface area (Å²) in [6.07, 6.45) is 4.04. The summed E-state index contributed by atoms with van der Waals surface area (Å²) in [4.78, 5) is 20.9. The van der Waals surface area contributed by atoms with Gasteiger partial charge >= 0.3 is 0 Å². The predicted octanol–water partition coefficient (Wildman–Crippen LogP) is 5.95. The number of ether oxygens (including phenoxy) is 1. The number of nitrogens with zero attached hydrogens (tertiary/aromatic N) is 5. The number of anilines is 2. The van der Waals surface area contributed by atoms with E-state index in [0.717, 1.165) is 56.7 Å². The van der Waals surface area contributed by atoms with Crippen LogP contribution in [0.25, 0.3) is 33.4 Å². The molecule has 1 aliphatic heterocycles. The molecular formula is C29H26BrClN6O. The lowest BCUT2D eigenvalue weighted by Gasteiger charge is -2.27. The van der Waals surface area contributed by atoms with Crippen molar-refractivity contribution in [2.24, 2.45) is 0 Å². The molecule has 2 N–H and O–H groups in total. The summed E-state index contributed by atoms with van der Waals surface area (Å²) in [5, 5.41) is 0.758. The second kappa shape index (κ2) is 11.4. The molecule has 5 aromatic rings. The van der Waals surface area contributed by atoms with Crippen molar-refractivity contribution >= 4 is 51.0 Å². The van der Waals surface area contributed by atoms with Crippen LogP contribution in [-0.4, -0.2) is 46.2 Å². The van der Waals surface area contributed by atoms with Crippen LogP contribution >= 0.6 is 28.3 Å². The summed E-state index contributed by atoms with van der Waals surface area (Å²) in [7, 11) is 0. The van der Waals surface area contributed by atoms with Crippen molar-refractivity contribution in [1.29, 1.82) is 0 Å². The molecule has 1 fully saturated rings. The van der Waals surface area contributed by atoms with Gasteiger partial charge in [-0.25, -0.2) is 19.9 Å². The van der Waals surface area contributed by atoms with E-state index in [1.54, 1.807) is 0 Å². The number of aromatic nitrogens is 4. The number of nitrogen functional groups attached to an aromatic ring is 1. The molecule has 9 heteroatoms. The molecule has 0 bridgehead atoms. The van der Waals surface area contributed by atoms with E-state index in [4.69, 9.17) is 20.4 Å². The molecule has 1 saturated heterocycles. The van der Waals surface area contributed by atoms with Gasteiger partial charge in [-0.15, -0.1) is 12.4 Å². The van der Waals surface area contributed by atoms with Crippen molar-refractivity contribution in [3.8, 4) is 22.4 Å². The smallest absolute Gasteiger partial charge is 0.165 e. The van der Waals surface area contributed by atoms with Gasteiger partial charge in [0.05, 0.1) is 24.3 Å². The second-order valence-corrected chi connectivity index (χ2v) is 9.86. The minimum Gasteiger partial charge on any atom is -0.383 e. The molecular weight excluding hydrogens is 564 g/mol. The number of benzene rings is 2. The third kappa shape index (κ3) is 5.20. The predicted molar refractivity (Wildman–Crippen MR) is 158 cm³/mol. The lowest BCUT2D eigenvalue weighted by molar-refractivity contribution is 0.122. The first-order valence-electron chi connectivity index (χ1n) is 12.2. The van der Waals surface area contributed by atoms with E-state index in [9.17, 15) is 0 Å². The number of pyridine rings is 2. The number of fused-ring (bicyclic) bond motifs is 1. The normalized spacial score (nSPS) is 13.3. The maximum absolute atomic E-state index is 6.46. The molecule has 0 spiro atoms. The first-order chi connectivity index (χ1) is 18.2. The molecule has 0 aliphatic carbocycles. The van der Waals surface area contributed by atoms with Crippen LogP contribution < -0.4 is 10.6 Å². The summed E-state index contributed by atoms with van der Waals surface area (Å²) >= 11 is 3.64. The monoisotopic (exact) mass is 588 g/mol. The van der Waals surface area contributed by atoms with E-state index < -0.39 is 0 Å². The minimum atomic E-state index is 0. The SMILES string of the molecule is Cl.Nc1ncnc2nc(-c3ccc(N4CCOCC4)nc3)c(Cc3ccccc3)c(-c3cccc(Br)c3)c12. The highest BCUT2D eigenvalue weighted by molar-refractivity contribution is 9.10. The zero-order valence-corrected chi connectivity index (χ0v) is 23.0. The molecule has 0 unspecified atom stereocenters. The summed E-state index contributed by atoms with van der Waals surface area (Å²) in [6, 6.07) is 22.8. The van der Waals surface area contributed by atoms with Crippen LogP contribution in [0.5, 0.6) is 0 Å². The Morgan fingerprint density at radius 1 is 0.895 bits per heavy atom. The van der Waals surface area contributed by atoms with Gasteiger partial charge in [-0.3, -0.25) is 0 Å². The van der Waals surface area contributed by atoms with E-state index in [0.29, 0.717) is 31.1 Å². The Balaban J connectivity index is 0.00000294. The highest BCUT2D eigenvalue weighted by atomic mass is 79.9. The van der Waals surface area contributed by atoms with Gasteiger partial charge in [0.2, 0.25) is 0 Å². The summed E-state index contributed by atoms with van der Waals surface area (Å²) in [5.41, 5.74) is 13.0. The van der Waals surface area contributed by atoms with Crippen LogP contribution in [0.2, 0.25) is 0 Å². The molecule has 192 valence electrons. The number of morpholine rings is 1. The lowest BCUT2D eigenvalue weighted by Crippen LogP contribution is -2.36. The molecule has 1 aliphatic rings. The Hall–Kier alpha value is -3.59. The minimum absolute atomic E-state index is 0. The van der Waals surface area contributed by atoms with Crippen LogP contribution in [0.15, 0.2) is 83.7 Å². The quantitative estimate of drug-likeness (QED) is 0.271. The fourth-order valence-corrected chi connectivity index (χ4v) is 5.24. The first kappa shape index (κ1) is 26.0. The molecule has 0 saturated carbocycles. The average Bonchev–Trinajstić information content (AvgIpc) is 2.94. The van der Waals surface area contributed by atoms with Gasteiger partial charge in [-0.05, 0) is 41.0 Å². The highest BCUT2D eigenvalue weighted by Crippen LogP contribution is 2.40. The number of hydrogen-bond acceptors (Lipinski definition) is 7. The van der Waals surface area contributed by atoms with Crippen molar-refractivity contribution in [2.75, 3.05) is 36.9 Å². The number of halogens is 2. The van der Waals surface area contributed by atoms with Gasteiger partial charge in [0.1, 0.15) is 18.0 Å². The summed E-state index contributed by atoms with van der Waals surface area (Å²) < 4.78 is 6.48. The number of rotatable bonds is 5. The summed E-state index contributed by atoms with van der Waals surface area (Å²) in [5.74, 6) is 1.35. The number of nitrogens with two attached hydrogens (primary N) is 1. The topological polar surface area (TPSA) is 90.0 Å². The van der Waals surface area contributed by atoms with Gasteiger partial charge in [0, 0.05) is 41.3 Å². The van der Waals surface area contributed by atoms with E-state index in [1.165, 1.54) is 11.9 Å². The highest BCUT2D eigenvalue weighted by Gasteiger charge is 2.22. The van der Waals surface area contributed by atoms with Crippen LogP contribution in [-0.2, 0) is 11.2 Å². The van der Waals surface area contributed by atoms with Crippen LogP contribution in [0.3, 0.4) is 0 Å². The third-order valence-electron chi connectivity index (χ3n) is 6.61. The molecule has 6 rings (SSSR count). The van der Waals surface area contributed by atoms with Gasteiger partial charge in [0.15, 0.2) is 5.65 Å². The molecule has 0 atom stereocenters. The molecule has 38 heavy (non-hydrogen) atoms. The molecule has 7 nitrogen and oxygen atoms in total. The first-order valence-corrected chi connectivity index (χ1v) is 13.0. The Labute approximate surface area is 235 Å². The van der Waals surface area contributed by atoms with Gasteiger partial charge < -0.3 is 15.4 Å². The third-order valence-corrected chi connectivity index (χ3v) is 7.10. The number of hydrogen-bond donors (Lipinski definition) is 1. The van der Waals surface area contributed by atoms with Gasteiger partial charge in [-0.1, -0.05) is 58.4 Å². The fourth-order valence-electron chi connectivity index (χ4n) is 4.84.